The Kier molecular flexibility index (Phi) is 10.3. The summed E-state index contributed by atoms with van der Waals surface area (Å²) in [5.41, 5.74) is -0.374. The van der Waals surface area contributed by atoms with E-state index in [-0.39, 0.29) is 75.7 Å². The summed E-state index contributed by atoms with van der Waals surface area (Å²) in [5, 5.41) is 27.0. The van der Waals surface area contributed by atoms with Gasteiger partial charge in [0.2, 0.25) is 5.78 Å². The number of hydrogen-bond acceptors (Lipinski definition) is 10. The highest BCUT2D eigenvalue weighted by Gasteiger charge is 2.67. The molecule has 1 aromatic heterocycles. The lowest BCUT2D eigenvalue weighted by molar-refractivity contribution is -0.0481. The van der Waals surface area contributed by atoms with Gasteiger partial charge in [-0.15, -0.1) is 0 Å². The first-order valence-electron chi connectivity index (χ1n) is 18.4. The number of allylic oxidation sites excluding steroid dienone is 1. The van der Waals surface area contributed by atoms with Crippen LogP contribution in [0.1, 0.15) is 82.0 Å². The van der Waals surface area contributed by atoms with Crippen molar-refractivity contribution < 1.29 is 42.6 Å². The van der Waals surface area contributed by atoms with Gasteiger partial charge in [0.25, 0.3) is 5.88 Å². The molecule has 13 heteroatoms. The van der Waals surface area contributed by atoms with E-state index in [1.54, 1.807) is 0 Å². The van der Waals surface area contributed by atoms with Gasteiger partial charge in [-0.3, -0.25) is 14.5 Å². The molecule has 0 spiro atoms. The van der Waals surface area contributed by atoms with Crippen LogP contribution in [0, 0.1) is 17.7 Å². The van der Waals surface area contributed by atoms with E-state index in [0.29, 0.717) is 0 Å². The average molecular weight is 834 g/mol. The molecule has 1 heterocycles. The summed E-state index contributed by atoms with van der Waals surface area (Å²) in [7, 11) is 0.735. The second-order valence-corrected chi connectivity index (χ2v) is 21.9. The highest BCUT2D eigenvalue weighted by molar-refractivity contribution is 9.10. The molecule has 290 valence electrons. The van der Waals surface area contributed by atoms with E-state index in [0.717, 1.165) is 11.1 Å². The van der Waals surface area contributed by atoms with E-state index in [1.165, 1.54) is 0 Å². The summed E-state index contributed by atoms with van der Waals surface area (Å²) in [6.45, 7) is 9.61. The quantitative estimate of drug-likeness (QED) is 0.150. The zero-order valence-corrected chi connectivity index (χ0v) is 34.6. The highest BCUT2D eigenvalue weighted by Crippen LogP contribution is 2.60. The van der Waals surface area contributed by atoms with Gasteiger partial charge >= 0.3 is 0 Å². The number of hydrogen-bond donors (Lipinski definition) is 2. The third-order valence-electron chi connectivity index (χ3n) is 11.8. The van der Waals surface area contributed by atoms with E-state index in [1.807, 2.05) is 114 Å². The molecule has 10 nitrogen and oxygen atoms in total. The Hall–Kier alpha value is -4.14. The number of benzene rings is 3. The number of carbonyl (C=O) groups excluding carboxylic acids is 2. The minimum atomic E-state index is -2.95. The number of halogens is 2. The Balaban J connectivity index is 1.43. The molecule has 3 aromatic carbocycles. The fourth-order valence-electron chi connectivity index (χ4n) is 8.07. The predicted octanol–water partition coefficient (Wildman–Crippen LogP) is 8.67. The maximum Gasteiger partial charge on any atom is 0.265 e. The first-order chi connectivity index (χ1) is 26.0. The molecule has 4 aromatic rings. The third-order valence-corrected chi connectivity index (χ3v) is 17.1. The lowest BCUT2D eigenvalue weighted by atomic mass is 9.58. The molecule has 2 N–H and O–H groups in total. The van der Waals surface area contributed by atoms with E-state index in [2.05, 4.69) is 21.1 Å². The van der Waals surface area contributed by atoms with Crippen LogP contribution in [-0.4, -0.2) is 59.8 Å². The summed E-state index contributed by atoms with van der Waals surface area (Å²) in [6, 6.07) is 18.1. The normalized spacial score (nSPS) is 22.3. The lowest BCUT2D eigenvalue weighted by Gasteiger charge is -2.55. The molecule has 0 aliphatic heterocycles. The molecule has 0 saturated carbocycles. The highest BCUT2D eigenvalue weighted by atomic mass is 79.9. The van der Waals surface area contributed by atoms with Crippen molar-refractivity contribution in [1.29, 1.82) is 0 Å². The Bertz CT molecular complexity index is 2180. The Labute approximate surface area is 329 Å². The molecule has 0 unspecified atom stereocenters. The molecular formula is C42H46BrFN2O8Si. The number of ether oxygens (including phenoxy) is 2. The maximum atomic E-state index is 16.4. The first kappa shape index (κ1) is 39.1. The topological polar surface area (TPSA) is 132 Å². The summed E-state index contributed by atoms with van der Waals surface area (Å²) in [5.74, 6) is -3.70. The number of fused-ring (bicyclic) bond motifs is 4. The van der Waals surface area contributed by atoms with Crippen LogP contribution >= 0.6 is 15.9 Å². The van der Waals surface area contributed by atoms with Crippen molar-refractivity contribution in [3.05, 3.63) is 121 Å². The molecular weight excluding hydrogens is 787 g/mol. The number of ketones is 2. The van der Waals surface area contributed by atoms with Gasteiger partial charge in [0, 0.05) is 22.6 Å². The van der Waals surface area contributed by atoms with Crippen LogP contribution in [0.3, 0.4) is 0 Å². The molecule has 7 rings (SSSR count). The number of rotatable bonds is 10. The summed E-state index contributed by atoms with van der Waals surface area (Å²) >= 11 is 3.42. The molecule has 3 aliphatic carbocycles. The van der Waals surface area contributed by atoms with E-state index < -0.39 is 66.6 Å². The molecule has 0 bridgehead atoms. The van der Waals surface area contributed by atoms with Gasteiger partial charge in [0.1, 0.15) is 36.1 Å². The van der Waals surface area contributed by atoms with Gasteiger partial charge in [-0.2, -0.15) is 0 Å². The smallest absolute Gasteiger partial charge is 0.265 e. The number of aliphatic hydroxyl groups is 2. The Morgan fingerprint density at radius 1 is 1.00 bits per heavy atom. The zero-order valence-electron chi connectivity index (χ0n) is 32.0. The van der Waals surface area contributed by atoms with Gasteiger partial charge in [0.15, 0.2) is 25.5 Å². The number of aliphatic hydroxyl groups excluding tert-OH is 2. The lowest BCUT2D eigenvalue weighted by Crippen LogP contribution is -2.65. The van der Waals surface area contributed by atoms with Crippen molar-refractivity contribution in [3.63, 3.8) is 0 Å². The minimum absolute atomic E-state index is 0.00396. The fourth-order valence-corrected chi connectivity index (χ4v) is 10.1. The van der Waals surface area contributed by atoms with Crippen LogP contribution in [0.4, 0.5) is 4.39 Å². The zero-order chi connectivity index (χ0) is 39.6. The van der Waals surface area contributed by atoms with Crippen LogP contribution < -0.4 is 9.47 Å². The molecule has 0 fully saturated rings. The van der Waals surface area contributed by atoms with E-state index >= 15 is 14.0 Å². The van der Waals surface area contributed by atoms with Crippen molar-refractivity contribution in [3.8, 4) is 11.6 Å². The van der Waals surface area contributed by atoms with Crippen molar-refractivity contribution in [2.24, 2.45) is 11.8 Å². The number of aromatic nitrogens is 1. The van der Waals surface area contributed by atoms with Crippen LogP contribution in [-0.2, 0) is 30.7 Å². The van der Waals surface area contributed by atoms with Gasteiger partial charge in [-0.05, 0) is 83.2 Å². The standard InChI is InChI=1S/C42H46BrFN2O8Si/c1-41(2,3)55(6,7)54-42-28(34(46(4)5)37-31(39(42)50)40(45-53-37)52-22-24-16-12-9-13-17-24)19-25-18-26-30(35(48)29(25)38(42)49)36(32(43)27(20-47)33(26)44)51-21-23-14-10-8-11-15-23/h8-17,25,28,34,47,49H,18-22H2,1-7H3/t25-,28-,34-,42-/m0/s1. The van der Waals surface area contributed by atoms with Crippen molar-refractivity contribution in [1.82, 2.24) is 10.1 Å². The maximum absolute atomic E-state index is 16.4. The van der Waals surface area contributed by atoms with Crippen LogP contribution in [0.15, 0.2) is 81.0 Å². The second kappa shape index (κ2) is 14.4. The van der Waals surface area contributed by atoms with E-state index in [9.17, 15) is 10.2 Å². The molecule has 4 atom stereocenters. The number of nitrogens with zero attached hydrogens (tertiary/aromatic N) is 2. The van der Waals surface area contributed by atoms with Gasteiger partial charge in [-0.25, -0.2) is 4.39 Å². The second-order valence-electron chi connectivity index (χ2n) is 16.4. The van der Waals surface area contributed by atoms with Crippen molar-refractivity contribution >= 4 is 35.8 Å². The molecule has 0 amide bonds. The molecule has 0 saturated heterocycles. The summed E-state index contributed by atoms with van der Waals surface area (Å²) < 4.78 is 42.1. The number of Topliss-reactive ketones (excluding diaryl/α,β-unsaturated/α-hetero) is 2. The first-order valence-corrected chi connectivity index (χ1v) is 22.1. The predicted molar refractivity (Wildman–Crippen MR) is 209 cm³/mol. The van der Waals surface area contributed by atoms with Crippen LogP contribution in [0.25, 0.3) is 0 Å². The Morgan fingerprint density at radius 2 is 1.60 bits per heavy atom. The monoisotopic (exact) mass is 832 g/mol. The van der Waals surface area contributed by atoms with Gasteiger partial charge < -0.3 is 28.6 Å². The van der Waals surface area contributed by atoms with Crippen molar-refractivity contribution in [2.45, 2.75) is 83.2 Å². The van der Waals surface area contributed by atoms with Gasteiger partial charge in [-0.1, -0.05) is 81.4 Å². The van der Waals surface area contributed by atoms with Gasteiger partial charge in [0.05, 0.1) is 22.7 Å². The fraction of sp³-hybridized carbons (Fsp3) is 0.405. The van der Waals surface area contributed by atoms with E-state index in [4.69, 9.17) is 18.4 Å². The SMILES string of the molecule is CN(C)[C@@H]1c2onc(OCc3ccccc3)c2C(=O)[C@@]2(O[Si](C)(C)C(C)(C)C)C(O)=C3C(=O)c4c(c(F)c(CO)c(Br)c4OCc4ccccc4)C[C@H]3C[C@@H]12. The molecule has 3 aliphatic rings. The van der Waals surface area contributed by atoms with Crippen molar-refractivity contribution in [2.75, 3.05) is 14.1 Å². The summed E-state index contributed by atoms with van der Waals surface area (Å²) in [6.07, 6.45) is 0.169. The van der Waals surface area contributed by atoms with Crippen LogP contribution in [0.5, 0.6) is 11.6 Å². The molecule has 55 heavy (non-hydrogen) atoms. The Morgan fingerprint density at radius 3 is 2.16 bits per heavy atom. The largest absolute Gasteiger partial charge is 0.508 e. The molecule has 0 radical (unpaired) electrons. The average Bonchev–Trinajstić information content (AvgIpc) is 3.56. The number of carbonyl (C=O) groups is 2. The minimum Gasteiger partial charge on any atom is -0.508 e. The van der Waals surface area contributed by atoms with Crippen LogP contribution in [0.2, 0.25) is 18.1 Å². The summed E-state index contributed by atoms with van der Waals surface area (Å²) in [4.78, 5) is 32.4. The third kappa shape index (κ3) is 6.37.